The van der Waals surface area contributed by atoms with Crippen LogP contribution >= 0.6 is 11.3 Å². The second-order valence-corrected chi connectivity index (χ2v) is 6.77. The lowest BCUT2D eigenvalue weighted by Gasteiger charge is -2.04. The van der Waals surface area contributed by atoms with Gasteiger partial charge in [0.2, 0.25) is 17.8 Å². The number of aromatic nitrogens is 2. The van der Waals surface area contributed by atoms with E-state index in [-0.39, 0.29) is 39.7 Å². The van der Waals surface area contributed by atoms with Crippen molar-refractivity contribution in [3.63, 3.8) is 0 Å². The van der Waals surface area contributed by atoms with E-state index in [1.165, 1.54) is 5.56 Å². The number of aromatic amines is 1. The van der Waals surface area contributed by atoms with Crippen LogP contribution in [0.3, 0.4) is 0 Å². The SMILES string of the molecule is O=C(C[n+]1ccccc1Cc1ccccc1)c1ccccc1.[Br-].[Br-].c1csc[nH+]1. The summed E-state index contributed by atoms with van der Waals surface area (Å²) in [6, 6.07) is 25.8. The molecule has 0 saturated heterocycles. The summed E-state index contributed by atoms with van der Waals surface area (Å²) in [5.41, 5.74) is 5.05. The zero-order valence-corrected chi connectivity index (χ0v) is 19.7. The summed E-state index contributed by atoms with van der Waals surface area (Å²) in [5, 5.41) is 1.99. The van der Waals surface area contributed by atoms with E-state index in [4.69, 9.17) is 0 Å². The normalized spacial score (nSPS) is 9.24. The van der Waals surface area contributed by atoms with E-state index < -0.39 is 0 Å². The number of hydrogen-bond donors (Lipinski definition) is 0. The van der Waals surface area contributed by atoms with Gasteiger partial charge in [0, 0.05) is 17.7 Å². The minimum Gasteiger partial charge on any atom is -1.00 e. The topological polar surface area (TPSA) is 35.1 Å². The highest BCUT2D eigenvalue weighted by molar-refractivity contribution is 7.07. The Kier molecular flexibility index (Phi) is 12.0. The molecule has 0 atom stereocenters. The van der Waals surface area contributed by atoms with Crippen LogP contribution < -0.4 is 43.5 Å². The van der Waals surface area contributed by atoms with Crippen molar-refractivity contribution in [3.05, 3.63) is 119 Å². The van der Waals surface area contributed by atoms with Crippen LogP contribution in [0.1, 0.15) is 21.6 Å². The number of thiazole rings is 1. The number of nitrogens with zero attached hydrogens (tertiary/aromatic N) is 1. The average molecular weight is 534 g/mol. The fourth-order valence-corrected chi connectivity index (χ4v) is 3.09. The molecule has 0 amide bonds. The van der Waals surface area contributed by atoms with Crippen molar-refractivity contribution >= 4 is 17.1 Å². The molecule has 4 aromatic rings. The Hall–Kier alpha value is -2.15. The second kappa shape index (κ2) is 13.9. The van der Waals surface area contributed by atoms with Gasteiger partial charge in [0.25, 0.3) is 0 Å². The first-order valence-electron chi connectivity index (χ1n) is 8.80. The number of carbonyl (C=O) groups is 1. The van der Waals surface area contributed by atoms with E-state index in [9.17, 15) is 4.79 Å². The number of rotatable bonds is 5. The molecule has 150 valence electrons. The van der Waals surface area contributed by atoms with E-state index >= 15 is 0 Å². The molecular formula is C23H22Br2N2OS. The number of Topliss-reactive ketones (excluding diaryl/α,β-unsaturated/α-hetero) is 1. The van der Waals surface area contributed by atoms with E-state index in [1.807, 2.05) is 88.5 Å². The summed E-state index contributed by atoms with van der Waals surface area (Å²) in [7, 11) is 0. The van der Waals surface area contributed by atoms with E-state index in [0.29, 0.717) is 6.54 Å². The summed E-state index contributed by atoms with van der Waals surface area (Å²) >= 11 is 1.66. The van der Waals surface area contributed by atoms with Gasteiger partial charge >= 0.3 is 0 Å². The molecule has 0 fully saturated rings. The first-order chi connectivity index (χ1) is 13.3. The largest absolute Gasteiger partial charge is 1.00 e. The van der Waals surface area contributed by atoms with Gasteiger partial charge in [-0.05, 0) is 5.56 Å². The summed E-state index contributed by atoms with van der Waals surface area (Å²) < 4.78 is 2.03. The molecule has 0 aliphatic heterocycles. The highest BCUT2D eigenvalue weighted by Gasteiger charge is 2.16. The Morgan fingerprint density at radius 2 is 1.52 bits per heavy atom. The number of pyridine rings is 1. The smallest absolute Gasteiger partial charge is 0.227 e. The molecule has 0 spiro atoms. The van der Waals surface area contributed by atoms with Gasteiger partial charge in [0.1, 0.15) is 0 Å². The Bertz CT molecular complexity index is 932. The summed E-state index contributed by atoms with van der Waals surface area (Å²) in [6.45, 7) is 0.368. The first kappa shape index (κ1) is 24.9. The van der Waals surface area contributed by atoms with Gasteiger partial charge in [0.05, 0.1) is 11.8 Å². The maximum Gasteiger partial charge on any atom is 0.227 e. The Balaban J connectivity index is 0.000000527. The van der Waals surface area contributed by atoms with Gasteiger partial charge in [-0.15, -0.1) is 0 Å². The van der Waals surface area contributed by atoms with Crippen molar-refractivity contribution in [2.75, 3.05) is 0 Å². The maximum atomic E-state index is 12.4. The highest BCUT2D eigenvalue weighted by atomic mass is 79.9. The Labute approximate surface area is 196 Å². The fourth-order valence-electron chi connectivity index (χ4n) is 2.70. The predicted molar refractivity (Wildman–Crippen MR) is 108 cm³/mol. The molecule has 1 N–H and O–H groups in total. The van der Waals surface area contributed by atoms with E-state index in [1.54, 1.807) is 11.3 Å². The van der Waals surface area contributed by atoms with Gasteiger partial charge in [-0.2, -0.15) is 4.57 Å². The first-order valence-corrected chi connectivity index (χ1v) is 9.75. The molecule has 0 saturated carbocycles. The Morgan fingerprint density at radius 1 is 0.862 bits per heavy atom. The number of ketones is 1. The lowest BCUT2D eigenvalue weighted by molar-refractivity contribution is -0.690. The van der Waals surface area contributed by atoms with Crippen molar-refractivity contribution in [2.24, 2.45) is 0 Å². The molecule has 6 heteroatoms. The molecule has 0 bridgehead atoms. The number of carbonyl (C=O) groups excluding carboxylic acids is 1. The van der Waals surface area contributed by atoms with Crippen molar-refractivity contribution in [2.45, 2.75) is 13.0 Å². The van der Waals surface area contributed by atoms with Gasteiger partial charge in [-0.3, -0.25) is 4.79 Å². The van der Waals surface area contributed by atoms with Crippen LogP contribution in [0.15, 0.2) is 102 Å². The molecule has 0 aliphatic carbocycles. The predicted octanol–water partition coefficient (Wildman–Crippen LogP) is -1.98. The van der Waals surface area contributed by atoms with Crippen molar-refractivity contribution < 1.29 is 48.3 Å². The van der Waals surface area contributed by atoms with Crippen molar-refractivity contribution in [3.8, 4) is 0 Å². The number of halogens is 2. The second-order valence-electron chi connectivity index (χ2n) is 5.99. The molecule has 0 unspecified atom stereocenters. The molecule has 4 rings (SSSR count). The number of H-pyrrole nitrogens is 1. The van der Waals surface area contributed by atoms with Gasteiger partial charge in [-0.1, -0.05) is 78.1 Å². The molecular weight excluding hydrogens is 512 g/mol. The number of benzene rings is 2. The molecule has 2 aromatic heterocycles. The number of nitrogens with one attached hydrogen (secondary N) is 1. The minimum absolute atomic E-state index is 0. The number of hydrogen-bond acceptors (Lipinski definition) is 2. The summed E-state index contributed by atoms with van der Waals surface area (Å²) in [4.78, 5) is 15.3. The quantitative estimate of drug-likeness (QED) is 0.216. The van der Waals surface area contributed by atoms with Crippen molar-refractivity contribution in [1.29, 1.82) is 0 Å². The monoisotopic (exact) mass is 532 g/mol. The van der Waals surface area contributed by atoms with Crippen LogP contribution in [-0.2, 0) is 13.0 Å². The zero-order valence-electron chi connectivity index (χ0n) is 15.7. The third-order valence-electron chi connectivity index (χ3n) is 4.05. The average Bonchev–Trinajstić information content (AvgIpc) is 3.31. The maximum absolute atomic E-state index is 12.4. The summed E-state index contributed by atoms with van der Waals surface area (Å²) in [6.07, 6.45) is 4.69. The third-order valence-corrected chi connectivity index (χ3v) is 4.62. The van der Waals surface area contributed by atoms with E-state index in [0.717, 1.165) is 17.7 Å². The van der Waals surface area contributed by atoms with Gasteiger partial charge < -0.3 is 34.0 Å². The zero-order chi connectivity index (χ0) is 18.7. The molecule has 3 nitrogen and oxygen atoms in total. The summed E-state index contributed by atoms with van der Waals surface area (Å²) in [5.74, 6) is 0.131. The highest BCUT2D eigenvalue weighted by Crippen LogP contribution is 2.06. The fraction of sp³-hybridized carbons (Fsp3) is 0.0870. The van der Waals surface area contributed by atoms with Crippen LogP contribution in [0.5, 0.6) is 0 Å². The van der Waals surface area contributed by atoms with Gasteiger partial charge in [-0.25, -0.2) is 4.98 Å². The third kappa shape index (κ3) is 8.40. The lowest BCUT2D eigenvalue weighted by Crippen LogP contribution is -3.00. The molecule has 0 aliphatic rings. The lowest BCUT2D eigenvalue weighted by atomic mass is 10.1. The standard InChI is InChI=1S/C20H18NO.C3H3NS.2BrH/c22-20(18-11-5-2-6-12-18)16-21-14-8-7-13-19(21)15-17-9-3-1-4-10-17;1-2-5-3-4-1;;/h1-14H,15-16H2;1-3H;2*1H/q+1;;;/p-1. The molecule has 0 radical (unpaired) electrons. The minimum atomic E-state index is 0. The van der Waals surface area contributed by atoms with Crippen LogP contribution in [0.25, 0.3) is 0 Å². The van der Waals surface area contributed by atoms with E-state index in [2.05, 4.69) is 23.2 Å². The van der Waals surface area contributed by atoms with Crippen molar-refractivity contribution in [1.82, 2.24) is 0 Å². The molecule has 2 heterocycles. The van der Waals surface area contributed by atoms with Gasteiger partial charge in [0.15, 0.2) is 18.1 Å². The molecule has 2 aromatic carbocycles. The molecule has 29 heavy (non-hydrogen) atoms. The van der Waals surface area contributed by atoms with Crippen LogP contribution in [0.2, 0.25) is 0 Å². The van der Waals surface area contributed by atoms with Crippen LogP contribution in [-0.4, -0.2) is 5.78 Å². The van der Waals surface area contributed by atoms with Crippen LogP contribution in [0.4, 0.5) is 0 Å². The Morgan fingerprint density at radius 3 is 2.10 bits per heavy atom. The van der Waals surface area contributed by atoms with Crippen LogP contribution in [0, 0.1) is 0 Å².